The number of para-hydroxylation sites is 1. The summed E-state index contributed by atoms with van der Waals surface area (Å²) in [4.78, 5) is 13.9. The minimum absolute atomic E-state index is 0.102. The van der Waals surface area contributed by atoms with Crippen LogP contribution in [0.2, 0.25) is 0 Å². The van der Waals surface area contributed by atoms with Gasteiger partial charge in [-0.25, -0.2) is 0 Å². The number of amides is 1. The van der Waals surface area contributed by atoms with Crippen LogP contribution in [0, 0.1) is 0 Å². The predicted octanol–water partition coefficient (Wildman–Crippen LogP) is 2.89. The summed E-state index contributed by atoms with van der Waals surface area (Å²) < 4.78 is 10.5. The molecule has 25 heavy (non-hydrogen) atoms. The highest BCUT2D eigenvalue weighted by Crippen LogP contribution is 2.27. The fourth-order valence-corrected chi connectivity index (χ4v) is 2.55. The number of anilines is 1. The minimum Gasteiger partial charge on any atom is -0.493 e. The fourth-order valence-electron chi connectivity index (χ4n) is 2.55. The Balaban J connectivity index is 1.72. The number of benzene rings is 2. The first-order chi connectivity index (χ1) is 12.2. The summed E-state index contributed by atoms with van der Waals surface area (Å²) in [6.07, 6.45) is 1.33. The van der Waals surface area contributed by atoms with Crippen LogP contribution >= 0.6 is 0 Å². The number of carbonyl (C=O) groups is 1. The maximum atomic E-state index is 12.2. The highest BCUT2D eigenvalue weighted by atomic mass is 16.5. The van der Waals surface area contributed by atoms with Gasteiger partial charge in [-0.05, 0) is 42.8 Å². The van der Waals surface area contributed by atoms with Crippen molar-refractivity contribution in [3.05, 3.63) is 54.1 Å². The van der Waals surface area contributed by atoms with Crippen molar-refractivity contribution in [3.8, 4) is 11.5 Å². The van der Waals surface area contributed by atoms with Crippen molar-refractivity contribution >= 4 is 11.6 Å². The number of nitrogens with one attached hydrogen (secondary N) is 1. The van der Waals surface area contributed by atoms with Crippen LogP contribution in [0.3, 0.4) is 0 Å². The number of rotatable bonds is 9. The molecule has 0 atom stereocenters. The maximum absolute atomic E-state index is 12.2. The Morgan fingerprint density at radius 3 is 2.40 bits per heavy atom. The van der Waals surface area contributed by atoms with Gasteiger partial charge in [0, 0.05) is 25.7 Å². The summed E-state index contributed by atoms with van der Waals surface area (Å²) >= 11 is 0. The monoisotopic (exact) mass is 342 g/mol. The van der Waals surface area contributed by atoms with Gasteiger partial charge in [-0.2, -0.15) is 0 Å². The number of hydrogen-bond acceptors (Lipinski definition) is 4. The summed E-state index contributed by atoms with van der Waals surface area (Å²) in [5, 5.41) is 3.32. The Morgan fingerprint density at radius 2 is 1.72 bits per heavy atom. The van der Waals surface area contributed by atoms with Crippen molar-refractivity contribution in [2.24, 2.45) is 0 Å². The van der Waals surface area contributed by atoms with E-state index in [2.05, 4.69) is 5.32 Å². The first kappa shape index (κ1) is 18.8. The topological polar surface area (TPSA) is 50.8 Å². The molecule has 2 aromatic rings. The van der Waals surface area contributed by atoms with E-state index in [-0.39, 0.29) is 5.91 Å². The van der Waals surface area contributed by atoms with Gasteiger partial charge in [0.2, 0.25) is 5.91 Å². The third-order valence-electron chi connectivity index (χ3n) is 4.07. The van der Waals surface area contributed by atoms with Crippen molar-refractivity contribution in [1.29, 1.82) is 0 Å². The molecule has 134 valence electrons. The Labute approximate surface area is 149 Å². The SMILES string of the molecule is COc1ccc(CCNCCC(=O)N(C)c2ccccc2)cc1OC. The average molecular weight is 342 g/mol. The summed E-state index contributed by atoms with van der Waals surface area (Å²) in [6, 6.07) is 15.6. The quantitative estimate of drug-likeness (QED) is 0.712. The van der Waals surface area contributed by atoms with Gasteiger partial charge in [-0.1, -0.05) is 24.3 Å². The van der Waals surface area contributed by atoms with Crippen LogP contribution < -0.4 is 19.7 Å². The number of carbonyl (C=O) groups excluding carboxylic acids is 1. The molecule has 0 radical (unpaired) electrons. The van der Waals surface area contributed by atoms with Gasteiger partial charge in [-0.15, -0.1) is 0 Å². The van der Waals surface area contributed by atoms with Crippen molar-refractivity contribution in [2.75, 3.05) is 39.3 Å². The van der Waals surface area contributed by atoms with Gasteiger partial charge in [0.15, 0.2) is 11.5 Å². The molecular formula is C20H26N2O3. The zero-order chi connectivity index (χ0) is 18.1. The molecular weight excluding hydrogens is 316 g/mol. The largest absolute Gasteiger partial charge is 0.493 e. The number of nitrogens with zero attached hydrogens (tertiary/aromatic N) is 1. The Morgan fingerprint density at radius 1 is 1.00 bits per heavy atom. The summed E-state index contributed by atoms with van der Waals surface area (Å²) in [5.74, 6) is 1.57. The van der Waals surface area contributed by atoms with Crippen LogP contribution in [0.4, 0.5) is 5.69 Å². The molecule has 0 fully saturated rings. The fraction of sp³-hybridized carbons (Fsp3) is 0.350. The zero-order valence-electron chi connectivity index (χ0n) is 15.1. The van der Waals surface area contributed by atoms with Crippen LogP contribution in [0.5, 0.6) is 11.5 Å². The van der Waals surface area contributed by atoms with Gasteiger partial charge >= 0.3 is 0 Å². The van der Waals surface area contributed by atoms with Crippen molar-refractivity contribution < 1.29 is 14.3 Å². The van der Waals surface area contributed by atoms with E-state index in [1.807, 2.05) is 48.5 Å². The van der Waals surface area contributed by atoms with E-state index < -0.39 is 0 Å². The second-order valence-corrected chi connectivity index (χ2v) is 5.73. The van der Waals surface area contributed by atoms with Crippen LogP contribution in [0.15, 0.2) is 48.5 Å². The highest BCUT2D eigenvalue weighted by Gasteiger charge is 2.09. The lowest BCUT2D eigenvalue weighted by Gasteiger charge is -2.17. The van der Waals surface area contributed by atoms with E-state index in [1.54, 1.807) is 26.2 Å². The lowest BCUT2D eigenvalue weighted by molar-refractivity contribution is -0.118. The van der Waals surface area contributed by atoms with Gasteiger partial charge in [-0.3, -0.25) is 4.79 Å². The minimum atomic E-state index is 0.102. The number of methoxy groups -OCH3 is 2. The van der Waals surface area contributed by atoms with Gasteiger partial charge in [0.1, 0.15) is 0 Å². The molecule has 0 aliphatic rings. The molecule has 0 heterocycles. The molecule has 0 aromatic heterocycles. The zero-order valence-corrected chi connectivity index (χ0v) is 15.1. The summed E-state index contributed by atoms with van der Waals surface area (Å²) in [6.45, 7) is 1.46. The van der Waals surface area contributed by atoms with Gasteiger partial charge < -0.3 is 19.7 Å². The van der Waals surface area contributed by atoms with E-state index in [0.717, 1.165) is 35.7 Å². The van der Waals surface area contributed by atoms with Crippen LogP contribution in [0.25, 0.3) is 0 Å². The lowest BCUT2D eigenvalue weighted by Crippen LogP contribution is -2.30. The van der Waals surface area contributed by atoms with Crippen LogP contribution in [0.1, 0.15) is 12.0 Å². The summed E-state index contributed by atoms with van der Waals surface area (Å²) in [5.41, 5.74) is 2.08. The van der Waals surface area contributed by atoms with E-state index in [9.17, 15) is 4.79 Å². The van der Waals surface area contributed by atoms with Gasteiger partial charge in [0.25, 0.3) is 0 Å². The second-order valence-electron chi connectivity index (χ2n) is 5.73. The van der Waals surface area contributed by atoms with E-state index >= 15 is 0 Å². The lowest BCUT2D eigenvalue weighted by atomic mass is 10.1. The molecule has 0 bridgehead atoms. The molecule has 0 aliphatic carbocycles. The standard InChI is InChI=1S/C20H26N2O3/c1-22(17-7-5-4-6-8-17)20(23)12-14-21-13-11-16-9-10-18(24-2)19(15-16)25-3/h4-10,15,21H,11-14H2,1-3H3. The Bertz CT molecular complexity index is 674. The van der Waals surface area contributed by atoms with E-state index in [1.165, 1.54) is 0 Å². The molecule has 1 N–H and O–H groups in total. The molecule has 5 nitrogen and oxygen atoms in total. The second kappa shape index (κ2) is 9.69. The third kappa shape index (κ3) is 5.50. The Kier molecular flexibility index (Phi) is 7.29. The van der Waals surface area contributed by atoms with E-state index in [0.29, 0.717) is 13.0 Å². The normalized spacial score (nSPS) is 10.4. The van der Waals surface area contributed by atoms with Crippen LogP contribution in [-0.2, 0) is 11.2 Å². The first-order valence-electron chi connectivity index (χ1n) is 8.39. The molecule has 0 spiro atoms. The molecule has 0 saturated carbocycles. The molecule has 0 unspecified atom stereocenters. The first-order valence-corrected chi connectivity index (χ1v) is 8.39. The molecule has 0 saturated heterocycles. The predicted molar refractivity (Wildman–Crippen MR) is 101 cm³/mol. The van der Waals surface area contributed by atoms with Crippen LogP contribution in [-0.4, -0.2) is 40.3 Å². The number of ether oxygens (including phenoxy) is 2. The highest BCUT2D eigenvalue weighted by molar-refractivity contribution is 5.92. The third-order valence-corrected chi connectivity index (χ3v) is 4.07. The molecule has 5 heteroatoms. The Hall–Kier alpha value is -2.53. The average Bonchev–Trinajstić information content (AvgIpc) is 2.67. The molecule has 0 aliphatic heterocycles. The van der Waals surface area contributed by atoms with Crippen molar-refractivity contribution in [3.63, 3.8) is 0 Å². The smallest absolute Gasteiger partial charge is 0.227 e. The maximum Gasteiger partial charge on any atom is 0.227 e. The van der Waals surface area contributed by atoms with Crippen molar-refractivity contribution in [2.45, 2.75) is 12.8 Å². The number of hydrogen-bond donors (Lipinski definition) is 1. The van der Waals surface area contributed by atoms with Crippen molar-refractivity contribution in [1.82, 2.24) is 5.32 Å². The summed E-state index contributed by atoms with van der Waals surface area (Å²) in [7, 11) is 5.07. The van der Waals surface area contributed by atoms with Gasteiger partial charge in [0.05, 0.1) is 14.2 Å². The van der Waals surface area contributed by atoms with E-state index in [4.69, 9.17) is 9.47 Å². The molecule has 2 aromatic carbocycles. The molecule has 2 rings (SSSR count). The molecule has 1 amide bonds.